The van der Waals surface area contributed by atoms with Gasteiger partial charge in [0.15, 0.2) is 0 Å². The van der Waals surface area contributed by atoms with Crippen LogP contribution in [-0.2, 0) is 37.3 Å². The number of ether oxygens (including phenoxy) is 2. The van der Waals surface area contributed by atoms with Crippen molar-refractivity contribution in [3.05, 3.63) is 83.6 Å². The first kappa shape index (κ1) is 29.6. The predicted octanol–water partition coefficient (Wildman–Crippen LogP) is 5.21. The second-order valence-corrected chi connectivity index (χ2v) is 11.2. The van der Waals surface area contributed by atoms with Crippen LogP contribution in [0.2, 0.25) is 0 Å². The van der Waals surface area contributed by atoms with Gasteiger partial charge in [0.1, 0.15) is 6.54 Å². The number of halogens is 3. The van der Waals surface area contributed by atoms with Crippen molar-refractivity contribution in [2.75, 3.05) is 32.9 Å². The highest BCUT2D eigenvalue weighted by molar-refractivity contribution is 7.89. The fraction of sp³-hybridized carbons (Fsp3) is 0.345. The Labute approximate surface area is 231 Å². The molecule has 214 valence electrons. The third-order valence-electron chi connectivity index (χ3n) is 6.86. The van der Waals surface area contributed by atoms with E-state index < -0.39 is 27.7 Å². The fourth-order valence-electron chi connectivity index (χ4n) is 4.92. The van der Waals surface area contributed by atoms with E-state index in [1.165, 1.54) is 14.9 Å². The van der Waals surface area contributed by atoms with Crippen molar-refractivity contribution in [3.63, 3.8) is 0 Å². The van der Waals surface area contributed by atoms with E-state index in [4.69, 9.17) is 9.47 Å². The Kier molecular flexibility index (Phi) is 8.86. The van der Waals surface area contributed by atoms with Crippen LogP contribution in [-0.4, -0.2) is 62.3 Å². The summed E-state index contributed by atoms with van der Waals surface area (Å²) in [6, 6.07) is 14.7. The second kappa shape index (κ2) is 12.0. The molecule has 40 heavy (non-hydrogen) atoms. The molecule has 7 nitrogen and oxygen atoms in total. The maximum absolute atomic E-state index is 14.3. The molecule has 1 aromatic heterocycles. The number of esters is 1. The molecule has 0 aliphatic carbocycles. The number of nitrogens with zero attached hydrogens (tertiary/aromatic N) is 2. The fourth-order valence-corrected chi connectivity index (χ4v) is 6.55. The van der Waals surface area contributed by atoms with Gasteiger partial charge in [-0.2, -0.15) is 17.5 Å². The molecular formula is C29H31F3N2O5S. The van der Waals surface area contributed by atoms with E-state index in [9.17, 15) is 26.4 Å². The largest absolute Gasteiger partial charge is 0.465 e. The lowest BCUT2D eigenvalue weighted by molar-refractivity contribution is -0.143. The molecule has 2 heterocycles. The molecule has 0 unspecified atom stereocenters. The highest BCUT2D eigenvalue weighted by atomic mass is 32.2. The van der Waals surface area contributed by atoms with E-state index in [0.717, 1.165) is 0 Å². The monoisotopic (exact) mass is 576 g/mol. The summed E-state index contributed by atoms with van der Waals surface area (Å²) in [5.74, 6) is -0.608. The van der Waals surface area contributed by atoms with Gasteiger partial charge in [0.25, 0.3) is 0 Å². The minimum absolute atomic E-state index is 0.0132. The highest BCUT2D eigenvalue weighted by Gasteiger charge is 2.39. The predicted molar refractivity (Wildman–Crippen MR) is 145 cm³/mol. The summed E-state index contributed by atoms with van der Waals surface area (Å²) < 4.78 is 83.2. The first-order valence-corrected chi connectivity index (χ1v) is 14.3. The molecule has 3 aromatic rings. The van der Waals surface area contributed by atoms with Gasteiger partial charge in [0, 0.05) is 30.8 Å². The number of carbonyl (C=O) groups is 1. The average molecular weight is 577 g/mol. The molecule has 4 rings (SSSR count). The van der Waals surface area contributed by atoms with Crippen molar-refractivity contribution < 1.29 is 35.9 Å². The average Bonchev–Trinajstić information content (AvgIpc) is 3.19. The maximum Gasteiger partial charge on any atom is 0.416 e. The summed E-state index contributed by atoms with van der Waals surface area (Å²) in [5.41, 5.74) is 0.301. The lowest BCUT2D eigenvalue weighted by Gasteiger charge is -2.27. The van der Waals surface area contributed by atoms with Crippen molar-refractivity contribution in [1.82, 2.24) is 8.87 Å². The molecule has 2 aromatic carbocycles. The van der Waals surface area contributed by atoms with E-state index in [-0.39, 0.29) is 67.6 Å². The van der Waals surface area contributed by atoms with Crippen molar-refractivity contribution in [2.45, 2.75) is 37.9 Å². The van der Waals surface area contributed by atoms with Crippen LogP contribution in [0, 0.1) is 6.92 Å². The van der Waals surface area contributed by atoms with Crippen LogP contribution >= 0.6 is 0 Å². The Morgan fingerprint density at radius 1 is 1.05 bits per heavy atom. The summed E-state index contributed by atoms with van der Waals surface area (Å²) in [4.78, 5) is 12.6. The third kappa shape index (κ3) is 6.01. The smallest absolute Gasteiger partial charge is 0.416 e. The Hall–Kier alpha value is -3.41. The van der Waals surface area contributed by atoms with Gasteiger partial charge in [0.2, 0.25) is 10.0 Å². The molecule has 1 fully saturated rings. The highest BCUT2D eigenvalue weighted by Crippen LogP contribution is 2.43. The summed E-state index contributed by atoms with van der Waals surface area (Å²) in [7, 11) is -3.94. The summed E-state index contributed by atoms with van der Waals surface area (Å²) >= 11 is 0. The third-order valence-corrected chi connectivity index (χ3v) is 8.86. The van der Waals surface area contributed by atoms with Crippen LogP contribution in [0.5, 0.6) is 0 Å². The Morgan fingerprint density at radius 2 is 1.68 bits per heavy atom. The van der Waals surface area contributed by atoms with Crippen LogP contribution in [0.1, 0.15) is 29.3 Å². The normalized spacial score (nSPS) is 14.7. The van der Waals surface area contributed by atoms with Crippen LogP contribution in [0.15, 0.2) is 66.1 Å². The van der Waals surface area contributed by atoms with Crippen molar-refractivity contribution in [3.8, 4) is 11.3 Å². The molecule has 0 saturated carbocycles. The number of aromatic nitrogens is 1. The number of alkyl halides is 3. The zero-order chi connectivity index (χ0) is 29.1. The van der Waals surface area contributed by atoms with E-state index in [2.05, 4.69) is 6.58 Å². The molecule has 1 aliphatic rings. The number of carbonyl (C=O) groups excluding carboxylic acids is 1. The molecule has 0 N–H and O–H groups in total. The van der Waals surface area contributed by atoms with Gasteiger partial charge in [-0.15, -0.1) is 0 Å². The minimum Gasteiger partial charge on any atom is -0.465 e. The van der Waals surface area contributed by atoms with Crippen LogP contribution < -0.4 is 0 Å². The van der Waals surface area contributed by atoms with Gasteiger partial charge in [-0.05, 0) is 36.6 Å². The number of hydrogen-bond donors (Lipinski definition) is 0. The number of allylic oxidation sites excluding steroid dienone is 1. The molecule has 0 amide bonds. The van der Waals surface area contributed by atoms with Crippen LogP contribution in [0.25, 0.3) is 16.8 Å². The van der Waals surface area contributed by atoms with Crippen molar-refractivity contribution >= 4 is 21.6 Å². The lowest BCUT2D eigenvalue weighted by Crippen LogP contribution is -2.40. The molecule has 11 heteroatoms. The van der Waals surface area contributed by atoms with Gasteiger partial charge in [-0.3, -0.25) is 4.79 Å². The first-order valence-electron chi connectivity index (χ1n) is 12.8. The minimum atomic E-state index is -4.78. The van der Waals surface area contributed by atoms with E-state index in [1.54, 1.807) is 62.4 Å². The summed E-state index contributed by atoms with van der Waals surface area (Å²) in [5, 5.41) is 0. The van der Waals surface area contributed by atoms with Gasteiger partial charge in [0.05, 0.1) is 36.0 Å². The Bertz CT molecular complexity index is 1490. The molecule has 1 saturated heterocycles. The van der Waals surface area contributed by atoms with Gasteiger partial charge in [-0.1, -0.05) is 55.1 Å². The van der Waals surface area contributed by atoms with Crippen molar-refractivity contribution in [2.24, 2.45) is 0 Å². The number of morpholine rings is 1. The standard InChI is InChI=1S/C29H31F3N2O5S/c1-4-39-26(35)19-34-21(3)24(27(20(2)29(30,31)32)28(34)22-10-6-5-7-11-22)18-23-12-8-9-13-25(23)40(36,37)33-14-16-38-17-15-33/h5-13H,2,4,14-19H2,1,3H3. The zero-order valence-corrected chi connectivity index (χ0v) is 23.1. The SMILES string of the molecule is C=C(c1c(Cc2ccccc2S(=O)(=O)N2CCOCC2)c(C)n(CC(=O)OCC)c1-c1ccccc1)C(F)(F)F. The number of hydrogen-bond acceptors (Lipinski definition) is 5. The second-order valence-electron chi connectivity index (χ2n) is 9.32. The van der Waals surface area contributed by atoms with Gasteiger partial charge >= 0.3 is 12.1 Å². The number of rotatable bonds is 9. The molecule has 1 aliphatic heterocycles. The van der Waals surface area contributed by atoms with E-state index in [0.29, 0.717) is 16.8 Å². The lowest BCUT2D eigenvalue weighted by atomic mass is 9.93. The van der Waals surface area contributed by atoms with E-state index in [1.807, 2.05) is 0 Å². The van der Waals surface area contributed by atoms with Crippen LogP contribution in [0.3, 0.4) is 0 Å². The molecular weight excluding hydrogens is 545 g/mol. The van der Waals surface area contributed by atoms with Crippen LogP contribution in [0.4, 0.5) is 13.2 Å². The Morgan fingerprint density at radius 3 is 2.30 bits per heavy atom. The first-order chi connectivity index (χ1) is 19.0. The zero-order valence-electron chi connectivity index (χ0n) is 22.3. The molecule has 0 spiro atoms. The molecule has 0 radical (unpaired) electrons. The maximum atomic E-state index is 14.3. The van der Waals surface area contributed by atoms with Gasteiger partial charge < -0.3 is 14.0 Å². The van der Waals surface area contributed by atoms with E-state index >= 15 is 0 Å². The topological polar surface area (TPSA) is 77.8 Å². The van der Waals surface area contributed by atoms with Crippen molar-refractivity contribution in [1.29, 1.82) is 0 Å². The number of sulfonamides is 1. The van der Waals surface area contributed by atoms with Gasteiger partial charge in [-0.25, -0.2) is 8.42 Å². The molecule has 0 bridgehead atoms. The Balaban J connectivity index is 1.94. The molecule has 0 atom stereocenters. The summed E-state index contributed by atoms with van der Waals surface area (Å²) in [6.07, 6.45) is -4.91. The quantitative estimate of drug-likeness (QED) is 0.327. The summed E-state index contributed by atoms with van der Waals surface area (Å²) in [6.45, 7) is 7.33. The number of benzene rings is 2.